The number of fused-ring (bicyclic) bond motifs is 4. The Morgan fingerprint density at radius 2 is 1.86 bits per heavy atom. The van der Waals surface area contributed by atoms with Gasteiger partial charge in [0.15, 0.2) is 18.1 Å². The molecule has 35 heavy (non-hydrogen) atoms. The van der Waals surface area contributed by atoms with Gasteiger partial charge in [-0.05, 0) is 56.4 Å². The molecule has 1 heterocycles. The Hall–Kier alpha value is -3.04. The van der Waals surface area contributed by atoms with Crippen molar-refractivity contribution in [2.24, 2.45) is 0 Å². The Bertz CT molecular complexity index is 1140. The van der Waals surface area contributed by atoms with E-state index in [4.69, 9.17) is 25.8 Å². The molecule has 3 fully saturated rings. The minimum atomic E-state index is -0.836. The van der Waals surface area contributed by atoms with Crippen molar-refractivity contribution in [1.82, 2.24) is 10.6 Å². The summed E-state index contributed by atoms with van der Waals surface area (Å²) in [6.45, 7) is -0.201. The van der Waals surface area contributed by atoms with Crippen LogP contribution in [-0.4, -0.2) is 53.4 Å². The van der Waals surface area contributed by atoms with Gasteiger partial charge in [0.1, 0.15) is 18.2 Å². The summed E-state index contributed by atoms with van der Waals surface area (Å²) in [5.74, 6) is -0.0212. The molecule has 186 valence electrons. The summed E-state index contributed by atoms with van der Waals surface area (Å²) in [5, 5.41) is 17.0. The molecule has 8 nitrogen and oxygen atoms in total. The first-order chi connectivity index (χ1) is 16.8. The number of para-hydroxylation sites is 2. The summed E-state index contributed by atoms with van der Waals surface area (Å²) in [6.07, 6.45) is 0.861. The molecule has 2 atom stereocenters. The SMILES string of the molecule is O=C(COc1ccc(Cl)c(F)c1)NC12CCC(NC(=O)[C@H]3COc4ccccc4O3)(CC1)[C@H](O)C2. The monoisotopic (exact) mass is 504 g/mol. The number of hydrogen-bond acceptors (Lipinski definition) is 6. The maximum atomic E-state index is 13.6. The lowest BCUT2D eigenvalue weighted by Gasteiger charge is -2.56. The molecular weight excluding hydrogens is 479 g/mol. The number of carbonyl (C=O) groups is 2. The summed E-state index contributed by atoms with van der Waals surface area (Å²) in [6, 6.07) is 11.1. The van der Waals surface area contributed by atoms with Crippen molar-refractivity contribution in [2.45, 2.75) is 55.4 Å². The van der Waals surface area contributed by atoms with Gasteiger partial charge < -0.3 is 30.0 Å². The maximum absolute atomic E-state index is 13.6. The standard InChI is InChI=1S/C25H26ClFN2O6/c26-16-6-5-15(11-17(16)27)33-14-22(31)28-24-7-9-25(10-8-24,21(30)12-24)29-23(32)20-13-34-18-3-1-2-4-19(18)35-20/h1-6,11,20-21,30H,7-10,12-14H2,(H,28,31)(H,29,32)/t20-,21-,24?,25?/m1/s1. The number of aliphatic hydroxyl groups excluding tert-OH is 1. The molecule has 3 aliphatic carbocycles. The third-order valence-electron chi connectivity index (χ3n) is 7.16. The lowest BCUT2D eigenvalue weighted by molar-refractivity contribution is -0.141. The maximum Gasteiger partial charge on any atom is 0.265 e. The highest BCUT2D eigenvalue weighted by Crippen LogP contribution is 2.47. The molecule has 0 unspecified atom stereocenters. The largest absolute Gasteiger partial charge is 0.485 e. The van der Waals surface area contributed by atoms with E-state index >= 15 is 0 Å². The van der Waals surface area contributed by atoms with Gasteiger partial charge in [0.25, 0.3) is 11.8 Å². The molecule has 2 aromatic rings. The topological polar surface area (TPSA) is 106 Å². The molecule has 0 radical (unpaired) electrons. The molecule has 2 amide bonds. The summed E-state index contributed by atoms with van der Waals surface area (Å²) >= 11 is 5.66. The molecule has 0 saturated heterocycles. The van der Waals surface area contributed by atoms with Gasteiger partial charge >= 0.3 is 0 Å². The highest BCUT2D eigenvalue weighted by molar-refractivity contribution is 6.30. The third-order valence-corrected chi connectivity index (χ3v) is 7.47. The van der Waals surface area contributed by atoms with Crippen molar-refractivity contribution in [2.75, 3.05) is 13.2 Å². The molecule has 0 spiro atoms. The lowest BCUT2D eigenvalue weighted by Crippen LogP contribution is -2.71. The predicted octanol–water partition coefficient (Wildman–Crippen LogP) is 2.75. The molecular formula is C25H26ClFN2O6. The van der Waals surface area contributed by atoms with Crippen LogP contribution in [0.25, 0.3) is 0 Å². The van der Waals surface area contributed by atoms with Gasteiger partial charge in [-0.25, -0.2) is 4.39 Å². The van der Waals surface area contributed by atoms with Gasteiger partial charge in [-0.3, -0.25) is 9.59 Å². The second-order valence-corrected chi connectivity index (χ2v) is 9.83. The van der Waals surface area contributed by atoms with Crippen molar-refractivity contribution in [1.29, 1.82) is 0 Å². The molecule has 1 aliphatic heterocycles. The summed E-state index contributed by atoms with van der Waals surface area (Å²) in [7, 11) is 0. The second kappa shape index (κ2) is 9.20. The van der Waals surface area contributed by atoms with Crippen molar-refractivity contribution in [3.63, 3.8) is 0 Å². The van der Waals surface area contributed by atoms with E-state index in [9.17, 15) is 19.1 Å². The fourth-order valence-corrected chi connectivity index (χ4v) is 5.30. The van der Waals surface area contributed by atoms with E-state index in [1.807, 2.05) is 6.07 Å². The molecule has 0 aromatic heterocycles. The fraction of sp³-hybridized carbons (Fsp3) is 0.440. The highest BCUT2D eigenvalue weighted by atomic mass is 35.5. The molecule has 6 rings (SSSR count). The van der Waals surface area contributed by atoms with Gasteiger partial charge in [0, 0.05) is 11.6 Å². The molecule has 4 aliphatic rings. The number of hydrogen-bond donors (Lipinski definition) is 3. The average Bonchev–Trinajstić information content (AvgIpc) is 2.85. The van der Waals surface area contributed by atoms with Gasteiger partial charge in [0.2, 0.25) is 6.10 Å². The van der Waals surface area contributed by atoms with Crippen LogP contribution in [0.5, 0.6) is 17.2 Å². The number of nitrogens with one attached hydrogen (secondary N) is 2. The number of aliphatic hydroxyl groups is 1. The van der Waals surface area contributed by atoms with Crippen LogP contribution in [0.2, 0.25) is 5.02 Å². The average molecular weight is 505 g/mol. The highest BCUT2D eigenvalue weighted by Gasteiger charge is 2.55. The van der Waals surface area contributed by atoms with Crippen LogP contribution in [-0.2, 0) is 9.59 Å². The number of carbonyl (C=O) groups excluding carboxylic acids is 2. The van der Waals surface area contributed by atoms with Gasteiger partial charge in [-0.15, -0.1) is 0 Å². The van der Waals surface area contributed by atoms with Crippen LogP contribution >= 0.6 is 11.6 Å². The third kappa shape index (κ3) is 4.75. The Kier molecular flexibility index (Phi) is 6.23. The number of rotatable bonds is 6. The van der Waals surface area contributed by atoms with Crippen LogP contribution < -0.4 is 24.8 Å². The second-order valence-electron chi connectivity index (χ2n) is 9.42. The Labute approximate surface area is 206 Å². The fourth-order valence-electron chi connectivity index (χ4n) is 5.18. The van der Waals surface area contributed by atoms with E-state index < -0.39 is 29.1 Å². The molecule has 2 bridgehead atoms. The van der Waals surface area contributed by atoms with Gasteiger partial charge in [-0.1, -0.05) is 23.7 Å². The van der Waals surface area contributed by atoms with Crippen LogP contribution in [0.15, 0.2) is 42.5 Å². The van der Waals surface area contributed by atoms with Crippen LogP contribution in [0.4, 0.5) is 4.39 Å². The van der Waals surface area contributed by atoms with Gasteiger partial charge in [-0.2, -0.15) is 0 Å². The molecule has 2 aromatic carbocycles. The normalized spacial score (nSPS) is 28.8. The van der Waals surface area contributed by atoms with E-state index in [2.05, 4.69) is 10.6 Å². The Morgan fingerprint density at radius 1 is 1.11 bits per heavy atom. The first kappa shape index (κ1) is 23.7. The number of benzene rings is 2. The van der Waals surface area contributed by atoms with Crippen LogP contribution in [0, 0.1) is 5.82 Å². The first-order valence-corrected chi connectivity index (χ1v) is 11.9. The van der Waals surface area contributed by atoms with Crippen molar-refractivity contribution in [3.05, 3.63) is 53.3 Å². The van der Waals surface area contributed by atoms with Crippen LogP contribution in [0.1, 0.15) is 32.1 Å². The predicted molar refractivity (Wildman–Crippen MR) is 124 cm³/mol. The van der Waals surface area contributed by atoms with E-state index in [0.29, 0.717) is 43.6 Å². The van der Waals surface area contributed by atoms with Crippen molar-refractivity contribution in [3.8, 4) is 17.2 Å². The first-order valence-electron chi connectivity index (χ1n) is 11.6. The molecule has 3 N–H and O–H groups in total. The zero-order valence-electron chi connectivity index (χ0n) is 18.9. The zero-order valence-corrected chi connectivity index (χ0v) is 19.6. The van der Waals surface area contributed by atoms with E-state index in [1.54, 1.807) is 18.2 Å². The summed E-state index contributed by atoms with van der Waals surface area (Å²) in [5.41, 5.74) is -1.36. The quantitative estimate of drug-likeness (QED) is 0.558. The van der Waals surface area contributed by atoms with Crippen molar-refractivity contribution < 1.29 is 33.3 Å². The molecule has 10 heteroatoms. The van der Waals surface area contributed by atoms with E-state index in [0.717, 1.165) is 6.07 Å². The molecule has 3 saturated carbocycles. The lowest BCUT2D eigenvalue weighted by atomic mass is 9.60. The van der Waals surface area contributed by atoms with E-state index in [1.165, 1.54) is 12.1 Å². The van der Waals surface area contributed by atoms with Crippen molar-refractivity contribution >= 4 is 23.4 Å². The number of ether oxygens (including phenoxy) is 3. The summed E-state index contributed by atoms with van der Waals surface area (Å²) in [4.78, 5) is 25.5. The zero-order chi connectivity index (χ0) is 24.6. The minimum absolute atomic E-state index is 0.0259. The smallest absolute Gasteiger partial charge is 0.265 e. The summed E-state index contributed by atoms with van der Waals surface area (Å²) < 4.78 is 30.4. The minimum Gasteiger partial charge on any atom is -0.485 e. The Balaban J connectivity index is 1.16. The van der Waals surface area contributed by atoms with E-state index in [-0.39, 0.29) is 35.8 Å². The number of amides is 2. The van der Waals surface area contributed by atoms with Crippen LogP contribution in [0.3, 0.4) is 0 Å². The number of halogens is 2. The van der Waals surface area contributed by atoms with Gasteiger partial charge in [0.05, 0.1) is 16.7 Å². The Morgan fingerprint density at radius 3 is 2.57 bits per heavy atom.